The molecule has 1 fully saturated rings. The minimum absolute atomic E-state index is 0.0427. The molecule has 1 saturated heterocycles. The fourth-order valence-corrected chi connectivity index (χ4v) is 5.98. The van der Waals surface area contributed by atoms with Crippen molar-refractivity contribution in [3.63, 3.8) is 0 Å². The van der Waals surface area contributed by atoms with E-state index in [0.29, 0.717) is 39.7 Å². The minimum atomic E-state index is -0.0427. The average Bonchev–Trinajstić information content (AvgIpc) is 3.35. The molecule has 0 bridgehead atoms. The van der Waals surface area contributed by atoms with Crippen molar-refractivity contribution in [2.45, 2.75) is 13.0 Å². The van der Waals surface area contributed by atoms with Gasteiger partial charge in [0.15, 0.2) is 0 Å². The van der Waals surface area contributed by atoms with Crippen LogP contribution in [0.1, 0.15) is 11.1 Å². The SMILES string of the molecule is O=C1/C(=C/c2cn(CCOc3ccccc3Cl)c3ccc(Br)cc23)SC(=S)N1CCc1ccccc1. The number of thiocarbonyl (C=S) groups is 1. The molecule has 0 atom stereocenters. The summed E-state index contributed by atoms with van der Waals surface area (Å²) in [5.41, 5.74) is 3.21. The van der Waals surface area contributed by atoms with Gasteiger partial charge in [-0.05, 0) is 48.4 Å². The van der Waals surface area contributed by atoms with Crippen LogP contribution in [0.4, 0.5) is 0 Å². The number of hydrogen-bond acceptors (Lipinski definition) is 4. The normalized spacial score (nSPS) is 14.8. The smallest absolute Gasteiger partial charge is 0.266 e. The second-order valence-electron chi connectivity index (χ2n) is 8.29. The van der Waals surface area contributed by atoms with E-state index in [9.17, 15) is 4.79 Å². The van der Waals surface area contributed by atoms with Crippen molar-refractivity contribution >= 4 is 78.7 Å². The summed E-state index contributed by atoms with van der Waals surface area (Å²) >= 11 is 16.7. The molecular formula is C28H22BrClN2O2S2. The first kappa shape index (κ1) is 25.1. The first-order valence-corrected chi connectivity index (χ1v) is 13.8. The van der Waals surface area contributed by atoms with E-state index in [4.69, 9.17) is 28.6 Å². The lowest BCUT2D eigenvalue weighted by Gasteiger charge is -2.14. The molecule has 4 nitrogen and oxygen atoms in total. The third kappa shape index (κ3) is 5.54. The van der Waals surface area contributed by atoms with Gasteiger partial charge in [-0.3, -0.25) is 9.69 Å². The summed E-state index contributed by atoms with van der Waals surface area (Å²) in [5, 5.41) is 1.64. The van der Waals surface area contributed by atoms with Gasteiger partial charge in [-0.15, -0.1) is 0 Å². The second-order valence-corrected chi connectivity index (χ2v) is 11.3. The minimum Gasteiger partial charge on any atom is -0.490 e. The number of nitrogens with zero attached hydrogens (tertiary/aromatic N) is 2. The molecule has 1 aliphatic heterocycles. The van der Waals surface area contributed by atoms with Gasteiger partial charge in [0.2, 0.25) is 0 Å². The van der Waals surface area contributed by atoms with E-state index in [1.165, 1.54) is 17.3 Å². The van der Waals surface area contributed by atoms with Gasteiger partial charge in [-0.25, -0.2) is 0 Å². The van der Waals surface area contributed by atoms with Gasteiger partial charge in [-0.2, -0.15) is 0 Å². The highest BCUT2D eigenvalue weighted by Gasteiger charge is 2.31. The molecule has 8 heteroatoms. The predicted octanol–water partition coefficient (Wildman–Crippen LogP) is 7.58. The lowest BCUT2D eigenvalue weighted by Crippen LogP contribution is -2.30. The van der Waals surface area contributed by atoms with Gasteiger partial charge in [-0.1, -0.05) is 94.0 Å². The standard InChI is InChI=1S/C28H22BrClN2O2S2/c29-21-10-11-24-22(17-21)20(18-31(24)14-15-34-25-9-5-4-8-23(25)30)16-26-27(33)32(28(35)36-26)13-12-19-6-2-1-3-7-19/h1-11,16-18H,12-15H2/b26-16-. The number of carbonyl (C=O) groups excluding carboxylic acids is 1. The summed E-state index contributed by atoms with van der Waals surface area (Å²) in [5.74, 6) is 0.622. The molecule has 1 aromatic heterocycles. The van der Waals surface area contributed by atoms with Crippen LogP contribution in [0.25, 0.3) is 17.0 Å². The van der Waals surface area contributed by atoms with Crippen LogP contribution in [0.3, 0.4) is 0 Å². The lowest BCUT2D eigenvalue weighted by atomic mass is 10.1. The highest BCUT2D eigenvalue weighted by atomic mass is 79.9. The van der Waals surface area contributed by atoms with Gasteiger partial charge in [0, 0.05) is 33.7 Å². The van der Waals surface area contributed by atoms with Crippen molar-refractivity contribution in [3.8, 4) is 5.75 Å². The second kappa shape index (κ2) is 11.2. The molecule has 0 unspecified atom stereocenters. The van der Waals surface area contributed by atoms with E-state index in [0.717, 1.165) is 27.4 Å². The number of hydrogen-bond donors (Lipinski definition) is 0. The molecule has 0 N–H and O–H groups in total. The van der Waals surface area contributed by atoms with Crippen LogP contribution < -0.4 is 4.74 Å². The molecule has 2 heterocycles. The first-order chi connectivity index (χ1) is 17.5. The average molecular weight is 598 g/mol. The van der Waals surface area contributed by atoms with E-state index in [1.54, 1.807) is 4.90 Å². The van der Waals surface area contributed by atoms with Crippen LogP contribution in [0.5, 0.6) is 5.75 Å². The summed E-state index contributed by atoms with van der Waals surface area (Å²) in [6.07, 6.45) is 4.77. The van der Waals surface area contributed by atoms with Crippen molar-refractivity contribution in [2.24, 2.45) is 0 Å². The van der Waals surface area contributed by atoms with E-state index in [-0.39, 0.29) is 5.91 Å². The summed E-state index contributed by atoms with van der Waals surface area (Å²) in [6.45, 7) is 1.67. The maximum atomic E-state index is 13.2. The number of benzene rings is 3. The van der Waals surface area contributed by atoms with Crippen molar-refractivity contribution in [3.05, 3.63) is 105 Å². The lowest BCUT2D eigenvalue weighted by molar-refractivity contribution is -0.122. The van der Waals surface area contributed by atoms with Crippen LogP contribution in [-0.4, -0.2) is 32.8 Å². The molecule has 182 valence electrons. The number of amides is 1. The molecule has 1 amide bonds. The monoisotopic (exact) mass is 596 g/mol. The number of rotatable bonds is 8. The quantitative estimate of drug-likeness (QED) is 0.155. The van der Waals surface area contributed by atoms with Crippen molar-refractivity contribution in [1.29, 1.82) is 0 Å². The summed E-state index contributed by atoms with van der Waals surface area (Å²) in [6, 6.07) is 23.7. The van der Waals surface area contributed by atoms with Gasteiger partial charge >= 0.3 is 0 Å². The zero-order valence-corrected chi connectivity index (χ0v) is 23.2. The number of thioether (sulfide) groups is 1. The van der Waals surface area contributed by atoms with Crippen LogP contribution >= 0.6 is 51.5 Å². The Bertz CT molecular complexity index is 1470. The third-order valence-corrected chi connectivity index (χ3v) is 8.11. The Labute approximate surface area is 233 Å². The van der Waals surface area contributed by atoms with E-state index in [1.807, 2.05) is 54.6 Å². The number of halogens is 2. The van der Waals surface area contributed by atoms with Gasteiger partial charge in [0.05, 0.1) is 16.5 Å². The predicted molar refractivity (Wildman–Crippen MR) is 157 cm³/mol. The molecule has 3 aromatic carbocycles. The maximum Gasteiger partial charge on any atom is 0.266 e. The van der Waals surface area contributed by atoms with E-state index < -0.39 is 0 Å². The molecule has 1 aliphatic rings. The Morgan fingerprint density at radius 2 is 1.81 bits per heavy atom. The highest BCUT2D eigenvalue weighted by Crippen LogP contribution is 2.35. The molecule has 0 spiro atoms. The number of aromatic nitrogens is 1. The molecule has 4 aromatic rings. The van der Waals surface area contributed by atoms with E-state index >= 15 is 0 Å². The Morgan fingerprint density at radius 3 is 2.61 bits per heavy atom. The topological polar surface area (TPSA) is 34.5 Å². The number of para-hydroxylation sites is 1. The number of fused-ring (bicyclic) bond motifs is 1. The number of carbonyl (C=O) groups is 1. The Morgan fingerprint density at radius 1 is 1.03 bits per heavy atom. The van der Waals surface area contributed by atoms with Crippen LogP contribution in [0, 0.1) is 0 Å². The van der Waals surface area contributed by atoms with Crippen LogP contribution in [0.2, 0.25) is 5.02 Å². The largest absolute Gasteiger partial charge is 0.490 e. The van der Waals surface area contributed by atoms with Gasteiger partial charge in [0.1, 0.15) is 16.7 Å². The maximum absolute atomic E-state index is 13.2. The fraction of sp³-hybridized carbons (Fsp3) is 0.143. The molecule has 5 rings (SSSR count). The zero-order valence-electron chi connectivity index (χ0n) is 19.2. The number of ether oxygens (including phenoxy) is 1. The summed E-state index contributed by atoms with van der Waals surface area (Å²) < 4.78 is 9.62. The van der Waals surface area contributed by atoms with Gasteiger partial charge < -0.3 is 9.30 Å². The Balaban J connectivity index is 1.36. The van der Waals surface area contributed by atoms with E-state index in [2.05, 4.69) is 51.0 Å². The van der Waals surface area contributed by atoms with Crippen LogP contribution in [-0.2, 0) is 17.8 Å². The first-order valence-electron chi connectivity index (χ1n) is 11.4. The van der Waals surface area contributed by atoms with Gasteiger partial charge in [0.25, 0.3) is 5.91 Å². The van der Waals surface area contributed by atoms with Crippen LogP contribution in [0.15, 0.2) is 88.4 Å². The summed E-state index contributed by atoms with van der Waals surface area (Å²) in [4.78, 5) is 15.6. The molecular weight excluding hydrogens is 576 g/mol. The molecule has 0 saturated carbocycles. The fourth-order valence-electron chi connectivity index (χ4n) is 4.13. The highest BCUT2D eigenvalue weighted by molar-refractivity contribution is 9.10. The Hall–Kier alpha value is -2.58. The summed E-state index contributed by atoms with van der Waals surface area (Å²) in [7, 11) is 0. The van der Waals surface area contributed by atoms with Crippen molar-refractivity contribution in [2.75, 3.05) is 13.2 Å². The third-order valence-electron chi connectivity index (χ3n) is 5.93. The molecule has 36 heavy (non-hydrogen) atoms. The zero-order chi connectivity index (χ0) is 25.1. The van der Waals surface area contributed by atoms with Crippen molar-refractivity contribution < 1.29 is 9.53 Å². The van der Waals surface area contributed by atoms with Crippen molar-refractivity contribution in [1.82, 2.24) is 9.47 Å². The molecule has 0 aliphatic carbocycles. The Kier molecular flexibility index (Phi) is 7.82. The molecule has 0 radical (unpaired) electrons.